The van der Waals surface area contributed by atoms with Crippen LogP contribution in [0.5, 0.6) is 0 Å². The number of rotatable bonds is 8. The maximum absolute atomic E-state index is 13.1. The van der Waals surface area contributed by atoms with Crippen LogP contribution in [0.15, 0.2) is 53.7 Å². The van der Waals surface area contributed by atoms with Crippen LogP contribution in [0.4, 0.5) is 4.39 Å². The summed E-state index contributed by atoms with van der Waals surface area (Å²) in [6.45, 7) is 7.16. The van der Waals surface area contributed by atoms with Crippen molar-refractivity contribution in [3.63, 3.8) is 0 Å². The monoisotopic (exact) mass is 494 g/mol. The molecule has 0 saturated heterocycles. The summed E-state index contributed by atoms with van der Waals surface area (Å²) in [5.41, 5.74) is 3.45. The minimum absolute atomic E-state index is 0.0358. The van der Waals surface area contributed by atoms with Gasteiger partial charge < -0.3 is 5.32 Å². The fourth-order valence-corrected chi connectivity index (χ4v) is 5.37. The van der Waals surface area contributed by atoms with Gasteiger partial charge in [-0.2, -0.15) is 0 Å². The molecule has 0 radical (unpaired) electrons. The minimum atomic E-state index is -0.249. The van der Waals surface area contributed by atoms with E-state index in [9.17, 15) is 9.18 Å². The van der Waals surface area contributed by atoms with E-state index < -0.39 is 0 Å². The number of amides is 1. The molecule has 0 aliphatic heterocycles. The highest BCUT2D eigenvalue weighted by atomic mass is 32.2. The highest BCUT2D eigenvalue weighted by Gasteiger charge is 2.24. The lowest BCUT2D eigenvalue weighted by Crippen LogP contribution is -2.27. The molecule has 1 N–H and O–H groups in total. The number of carbonyl (C=O) groups is 1. The van der Waals surface area contributed by atoms with Crippen LogP contribution < -0.4 is 5.32 Å². The van der Waals surface area contributed by atoms with Crippen LogP contribution in [0.2, 0.25) is 0 Å². The lowest BCUT2D eigenvalue weighted by molar-refractivity contribution is -0.118. The van der Waals surface area contributed by atoms with Crippen LogP contribution in [-0.2, 0) is 16.6 Å². The predicted molar refractivity (Wildman–Crippen MR) is 140 cm³/mol. The Bertz CT molecular complexity index is 1110. The average Bonchev–Trinajstić information content (AvgIpc) is 3.28. The molecule has 1 fully saturated rings. The minimum Gasteiger partial charge on any atom is -0.355 e. The highest BCUT2D eigenvalue weighted by molar-refractivity contribution is 7.99. The molecule has 0 spiro atoms. The molecule has 1 saturated carbocycles. The van der Waals surface area contributed by atoms with Crippen molar-refractivity contribution in [2.45, 2.75) is 75.9 Å². The topological polar surface area (TPSA) is 59.8 Å². The van der Waals surface area contributed by atoms with Gasteiger partial charge in [0, 0.05) is 18.2 Å². The number of halogens is 1. The van der Waals surface area contributed by atoms with Crippen molar-refractivity contribution in [3.05, 3.63) is 65.5 Å². The molecule has 4 rings (SSSR count). The van der Waals surface area contributed by atoms with Crippen molar-refractivity contribution in [1.82, 2.24) is 20.1 Å². The zero-order valence-corrected chi connectivity index (χ0v) is 21.7. The SMILES string of the molecule is CC(C)(C)c1ccc(-c2nnc(SCC(=O)NCCc3ccc(F)cc3)n2C2CCCCC2)cc1. The van der Waals surface area contributed by atoms with E-state index in [4.69, 9.17) is 0 Å². The van der Waals surface area contributed by atoms with Gasteiger partial charge in [0.1, 0.15) is 5.82 Å². The summed E-state index contributed by atoms with van der Waals surface area (Å²) in [5.74, 6) is 0.890. The number of hydrogen-bond donors (Lipinski definition) is 1. The molecule has 186 valence electrons. The third-order valence-corrected chi connectivity index (χ3v) is 7.54. The predicted octanol–water partition coefficient (Wildman–Crippen LogP) is 6.34. The molecule has 0 bridgehead atoms. The van der Waals surface area contributed by atoms with E-state index in [2.05, 4.69) is 65.1 Å². The quantitative estimate of drug-likeness (QED) is 0.371. The van der Waals surface area contributed by atoms with E-state index in [-0.39, 0.29) is 22.9 Å². The van der Waals surface area contributed by atoms with Gasteiger partial charge in [-0.1, -0.05) is 88.2 Å². The van der Waals surface area contributed by atoms with Crippen LogP contribution in [-0.4, -0.2) is 33.0 Å². The van der Waals surface area contributed by atoms with Crippen molar-refractivity contribution in [3.8, 4) is 11.4 Å². The molecule has 5 nitrogen and oxygen atoms in total. The summed E-state index contributed by atoms with van der Waals surface area (Å²) in [5, 5.41) is 12.8. The summed E-state index contributed by atoms with van der Waals surface area (Å²) >= 11 is 1.45. The van der Waals surface area contributed by atoms with E-state index in [0.717, 1.165) is 34.9 Å². The van der Waals surface area contributed by atoms with Gasteiger partial charge in [-0.25, -0.2) is 4.39 Å². The van der Waals surface area contributed by atoms with Gasteiger partial charge in [0.25, 0.3) is 0 Å². The van der Waals surface area contributed by atoms with E-state index in [1.165, 1.54) is 48.7 Å². The van der Waals surface area contributed by atoms with Gasteiger partial charge in [-0.3, -0.25) is 9.36 Å². The number of nitrogens with one attached hydrogen (secondary N) is 1. The highest BCUT2D eigenvalue weighted by Crippen LogP contribution is 2.36. The smallest absolute Gasteiger partial charge is 0.230 e. The van der Waals surface area contributed by atoms with Gasteiger partial charge in [-0.15, -0.1) is 10.2 Å². The van der Waals surface area contributed by atoms with E-state index >= 15 is 0 Å². The zero-order valence-electron chi connectivity index (χ0n) is 20.9. The second-order valence-corrected chi connectivity index (χ2v) is 11.3. The Labute approximate surface area is 211 Å². The number of nitrogens with zero attached hydrogens (tertiary/aromatic N) is 3. The molecule has 1 aromatic heterocycles. The average molecular weight is 495 g/mol. The Kier molecular flexibility index (Phi) is 8.26. The molecule has 1 amide bonds. The van der Waals surface area contributed by atoms with Crippen LogP contribution in [0.1, 0.15) is 70.0 Å². The maximum atomic E-state index is 13.1. The standard InChI is InChI=1S/C28H35FN4OS/c1-28(2,3)22-13-11-21(12-14-22)26-31-32-27(33(26)24-7-5-4-6-8-24)35-19-25(34)30-18-17-20-9-15-23(29)16-10-20/h9-16,24H,4-8,17-19H2,1-3H3,(H,30,34). The summed E-state index contributed by atoms with van der Waals surface area (Å²) in [7, 11) is 0. The first-order valence-electron chi connectivity index (χ1n) is 12.5. The lowest BCUT2D eigenvalue weighted by Gasteiger charge is -2.26. The zero-order chi connectivity index (χ0) is 24.8. The van der Waals surface area contributed by atoms with Crippen LogP contribution >= 0.6 is 11.8 Å². The Balaban J connectivity index is 1.43. The molecule has 2 aromatic carbocycles. The number of benzene rings is 2. The van der Waals surface area contributed by atoms with Gasteiger partial charge in [0.05, 0.1) is 5.75 Å². The molecule has 1 heterocycles. The van der Waals surface area contributed by atoms with Gasteiger partial charge in [0.15, 0.2) is 11.0 Å². The molecular formula is C28H35FN4OS. The van der Waals surface area contributed by atoms with Crippen molar-refractivity contribution in [2.24, 2.45) is 0 Å². The first kappa shape index (κ1) is 25.4. The Morgan fingerprint density at radius 1 is 1.03 bits per heavy atom. The maximum Gasteiger partial charge on any atom is 0.230 e. The largest absolute Gasteiger partial charge is 0.355 e. The second kappa shape index (κ2) is 11.4. The summed E-state index contributed by atoms with van der Waals surface area (Å²) in [6, 6.07) is 15.4. The van der Waals surface area contributed by atoms with Crippen LogP contribution in [0, 0.1) is 5.82 Å². The third-order valence-electron chi connectivity index (χ3n) is 6.59. The van der Waals surface area contributed by atoms with E-state index in [1.54, 1.807) is 12.1 Å². The second-order valence-electron chi connectivity index (χ2n) is 10.3. The van der Waals surface area contributed by atoms with Gasteiger partial charge in [0.2, 0.25) is 5.91 Å². The van der Waals surface area contributed by atoms with Crippen LogP contribution in [0.25, 0.3) is 11.4 Å². The van der Waals surface area contributed by atoms with Crippen molar-refractivity contribution in [1.29, 1.82) is 0 Å². The molecule has 1 aliphatic rings. The van der Waals surface area contributed by atoms with Crippen molar-refractivity contribution < 1.29 is 9.18 Å². The fraction of sp³-hybridized carbons (Fsp3) is 0.464. The molecule has 3 aromatic rings. The third kappa shape index (κ3) is 6.72. The molecule has 0 atom stereocenters. The summed E-state index contributed by atoms with van der Waals surface area (Å²) in [6.07, 6.45) is 6.58. The Morgan fingerprint density at radius 3 is 2.37 bits per heavy atom. The lowest BCUT2D eigenvalue weighted by atomic mass is 9.86. The van der Waals surface area contributed by atoms with Crippen molar-refractivity contribution in [2.75, 3.05) is 12.3 Å². The number of aromatic nitrogens is 3. The molecule has 35 heavy (non-hydrogen) atoms. The molecular weight excluding hydrogens is 459 g/mol. The van der Waals surface area contributed by atoms with Crippen LogP contribution in [0.3, 0.4) is 0 Å². The summed E-state index contributed by atoms with van der Waals surface area (Å²) in [4.78, 5) is 12.5. The molecule has 1 aliphatic carbocycles. The molecule has 0 unspecified atom stereocenters. The first-order chi connectivity index (χ1) is 16.8. The van der Waals surface area contributed by atoms with E-state index in [0.29, 0.717) is 19.0 Å². The molecule has 7 heteroatoms. The number of hydrogen-bond acceptors (Lipinski definition) is 4. The number of carbonyl (C=O) groups excluding carboxylic acids is 1. The van der Waals surface area contributed by atoms with Gasteiger partial charge in [-0.05, 0) is 47.9 Å². The Hall–Kier alpha value is -2.67. The summed E-state index contributed by atoms with van der Waals surface area (Å²) < 4.78 is 15.3. The number of thioether (sulfide) groups is 1. The van der Waals surface area contributed by atoms with Gasteiger partial charge >= 0.3 is 0 Å². The Morgan fingerprint density at radius 2 is 1.71 bits per heavy atom. The van der Waals surface area contributed by atoms with E-state index in [1.807, 2.05) is 0 Å². The van der Waals surface area contributed by atoms with Crippen molar-refractivity contribution >= 4 is 17.7 Å². The fourth-order valence-electron chi connectivity index (χ4n) is 4.54. The normalized spacial score (nSPS) is 14.7. The first-order valence-corrected chi connectivity index (χ1v) is 13.5.